The van der Waals surface area contributed by atoms with E-state index in [1.54, 1.807) is 0 Å². The van der Waals surface area contributed by atoms with Gasteiger partial charge in [-0.3, -0.25) is 0 Å². The molecule has 0 bridgehead atoms. The minimum Gasteiger partial charge on any atom is -0.328 e. The molecule has 1 aliphatic rings. The van der Waals surface area contributed by atoms with Gasteiger partial charge in [0.25, 0.3) is 0 Å². The Kier molecular flexibility index (Phi) is 7.25. The van der Waals surface area contributed by atoms with Gasteiger partial charge in [-0.1, -0.05) is 33.1 Å². The van der Waals surface area contributed by atoms with Crippen molar-refractivity contribution in [2.24, 2.45) is 17.1 Å². The van der Waals surface area contributed by atoms with E-state index in [4.69, 9.17) is 5.73 Å². The van der Waals surface area contributed by atoms with Gasteiger partial charge in [-0.05, 0) is 56.9 Å². The van der Waals surface area contributed by atoms with Crippen molar-refractivity contribution in [2.45, 2.75) is 78.2 Å². The Balaban J connectivity index is 2.14. The van der Waals surface area contributed by atoms with Crippen molar-refractivity contribution in [3.05, 3.63) is 0 Å². The number of nitrogens with two attached hydrogens (primary N) is 1. The molecule has 1 aliphatic carbocycles. The van der Waals surface area contributed by atoms with E-state index in [1.165, 1.54) is 64.5 Å². The zero-order chi connectivity index (χ0) is 13.4. The van der Waals surface area contributed by atoms with Gasteiger partial charge in [-0.15, -0.1) is 0 Å². The highest BCUT2D eigenvalue weighted by molar-refractivity contribution is 4.87. The molecular weight excluding hydrogens is 220 g/mol. The summed E-state index contributed by atoms with van der Waals surface area (Å²) < 4.78 is 0. The predicted molar refractivity (Wildman–Crippen MR) is 80.7 cm³/mol. The lowest BCUT2D eigenvalue weighted by Gasteiger charge is -2.31. The Labute approximate surface area is 114 Å². The van der Waals surface area contributed by atoms with E-state index in [9.17, 15) is 0 Å². The van der Waals surface area contributed by atoms with Crippen molar-refractivity contribution >= 4 is 0 Å². The fourth-order valence-corrected chi connectivity index (χ4v) is 3.51. The summed E-state index contributed by atoms with van der Waals surface area (Å²) in [6.45, 7) is 9.24. The van der Waals surface area contributed by atoms with Crippen LogP contribution in [0.25, 0.3) is 0 Å². The molecule has 0 radical (unpaired) electrons. The van der Waals surface area contributed by atoms with Crippen LogP contribution in [0.15, 0.2) is 0 Å². The summed E-state index contributed by atoms with van der Waals surface area (Å²) in [5, 5.41) is 3.71. The molecule has 1 unspecified atom stereocenters. The van der Waals surface area contributed by atoms with Crippen molar-refractivity contribution in [1.82, 2.24) is 5.32 Å². The van der Waals surface area contributed by atoms with Crippen LogP contribution in [0.4, 0.5) is 0 Å². The van der Waals surface area contributed by atoms with Gasteiger partial charge in [-0.2, -0.15) is 0 Å². The number of hydrogen-bond donors (Lipinski definition) is 2. The number of nitrogens with one attached hydrogen (secondary N) is 1. The van der Waals surface area contributed by atoms with Crippen LogP contribution in [-0.2, 0) is 0 Å². The maximum absolute atomic E-state index is 5.76. The lowest BCUT2D eigenvalue weighted by Crippen LogP contribution is -2.34. The third-order valence-electron chi connectivity index (χ3n) is 4.27. The second-order valence-corrected chi connectivity index (χ2v) is 6.95. The normalized spacial score (nSPS) is 20.5. The molecule has 108 valence electrons. The Morgan fingerprint density at radius 3 is 2.33 bits per heavy atom. The lowest BCUT2D eigenvalue weighted by molar-refractivity contribution is 0.224. The standard InChI is InChI=1S/C16H34N2/c1-14(2)12-16(9-5-6-10-16)13-18-11-7-4-8-15(3)17/h14-15,18H,4-13,17H2,1-3H3. The van der Waals surface area contributed by atoms with Crippen LogP contribution >= 0.6 is 0 Å². The van der Waals surface area contributed by atoms with E-state index in [2.05, 4.69) is 26.1 Å². The first-order valence-electron chi connectivity index (χ1n) is 8.00. The zero-order valence-electron chi connectivity index (χ0n) is 12.8. The molecular formula is C16H34N2. The first-order valence-corrected chi connectivity index (χ1v) is 8.00. The van der Waals surface area contributed by atoms with Gasteiger partial charge >= 0.3 is 0 Å². The summed E-state index contributed by atoms with van der Waals surface area (Å²) in [7, 11) is 0. The molecule has 1 saturated carbocycles. The van der Waals surface area contributed by atoms with Crippen molar-refractivity contribution in [3.63, 3.8) is 0 Å². The van der Waals surface area contributed by atoms with E-state index < -0.39 is 0 Å². The quantitative estimate of drug-likeness (QED) is 0.616. The second-order valence-electron chi connectivity index (χ2n) is 6.95. The van der Waals surface area contributed by atoms with E-state index in [1.807, 2.05) is 0 Å². The molecule has 1 fully saturated rings. The highest BCUT2D eigenvalue weighted by Crippen LogP contribution is 2.42. The molecule has 0 heterocycles. The zero-order valence-corrected chi connectivity index (χ0v) is 12.8. The topological polar surface area (TPSA) is 38.0 Å². The van der Waals surface area contributed by atoms with Gasteiger partial charge in [0, 0.05) is 12.6 Å². The summed E-state index contributed by atoms with van der Waals surface area (Å²) in [5.74, 6) is 0.836. The fourth-order valence-electron chi connectivity index (χ4n) is 3.51. The van der Waals surface area contributed by atoms with Gasteiger partial charge < -0.3 is 11.1 Å². The smallest absolute Gasteiger partial charge is 0.00104 e. The lowest BCUT2D eigenvalue weighted by atomic mass is 9.78. The third-order valence-corrected chi connectivity index (χ3v) is 4.27. The largest absolute Gasteiger partial charge is 0.328 e. The van der Waals surface area contributed by atoms with Crippen molar-refractivity contribution in [1.29, 1.82) is 0 Å². The van der Waals surface area contributed by atoms with Crippen LogP contribution in [0.5, 0.6) is 0 Å². The van der Waals surface area contributed by atoms with Crippen LogP contribution in [0.1, 0.15) is 72.1 Å². The first-order chi connectivity index (χ1) is 8.54. The SMILES string of the molecule is CC(C)CC1(CNCCCCC(C)N)CCCC1. The average molecular weight is 254 g/mol. The van der Waals surface area contributed by atoms with E-state index in [0.717, 1.165) is 5.92 Å². The number of rotatable bonds is 9. The van der Waals surface area contributed by atoms with Crippen molar-refractivity contribution in [2.75, 3.05) is 13.1 Å². The Morgan fingerprint density at radius 2 is 1.78 bits per heavy atom. The molecule has 0 aromatic rings. The van der Waals surface area contributed by atoms with Crippen molar-refractivity contribution in [3.8, 4) is 0 Å². The molecule has 1 rings (SSSR count). The summed E-state index contributed by atoms with van der Waals surface area (Å²) in [6.07, 6.45) is 10.9. The maximum atomic E-state index is 5.76. The summed E-state index contributed by atoms with van der Waals surface area (Å²) >= 11 is 0. The number of hydrogen-bond acceptors (Lipinski definition) is 2. The minimum atomic E-state index is 0.368. The molecule has 0 saturated heterocycles. The summed E-state index contributed by atoms with van der Waals surface area (Å²) in [4.78, 5) is 0. The van der Waals surface area contributed by atoms with E-state index >= 15 is 0 Å². The second kappa shape index (κ2) is 8.16. The Hall–Kier alpha value is -0.0800. The van der Waals surface area contributed by atoms with Crippen molar-refractivity contribution < 1.29 is 0 Å². The van der Waals surface area contributed by atoms with Crippen LogP contribution in [-0.4, -0.2) is 19.1 Å². The molecule has 18 heavy (non-hydrogen) atoms. The van der Waals surface area contributed by atoms with Gasteiger partial charge in [0.05, 0.1) is 0 Å². The van der Waals surface area contributed by atoms with Crippen LogP contribution in [0, 0.1) is 11.3 Å². The Bertz CT molecular complexity index is 205. The minimum absolute atomic E-state index is 0.368. The van der Waals surface area contributed by atoms with Gasteiger partial charge in [0.2, 0.25) is 0 Å². The first kappa shape index (κ1) is 16.0. The van der Waals surface area contributed by atoms with E-state index in [0.29, 0.717) is 11.5 Å². The molecule has 0 spiro atoms. The molecule has 2 nitrogen and oxygen atoms in total. The van der Waals surface area contributed by atoms with E-state index in [-0.39, 0.29) is 0 Å². The molecule has 0 aromatic carbocycles. The molecule has 0 amide bonds. The Morgan fingerprint density at radius 1 is 1.11 bits per heavy atom. The van der Waals surface area contributed by atoms with Gasteiger partial charge in [0.15, 0.2) is 0 Å². The summed E-state index contributed by atoms with van der Waals surface area (Å²) in [6, 6.07) is 0.368. The fraction of sp³-hybridized carbons (Fsp3) is 1.00. The van der Waals surface area contributed by atoms with Gasteiger partial charge in [-0.25, -0.2) is 0 Å². The third kappa shape index (κ3) is 6.19. The average Bonchev–Trinajstić information content (AvgIpc) is 2.70. The monoisotopic (exact) mass is 254 g/mol. The van der Waals surface area contributed by atoms with Crippen LogP contribution in [0.2, 0.25) is 0 Å². The number of unbranched alkanes of at least 4 members (excludes halogenated alkanes) is 1. The molecule has 0 aromatic heterocycles. The maximum Gasteiger partial charge on any atom is 0.00104 e. The highest BCUT2D eigenvalue weighted by atomic mass is 14.9. The van der Waals surface area contributed by atoms with Gasteiger partial charge in [0.1, 0.15) is 0 Å². The van der Waals surface area contributed by atoms with Crippen LogP contribution in [0.3, 0.4) is 0 Å². The molecule has 3 N–H and O–H groups in total. The summed E-state index contributed by atoms with van der Waals surface area (Å²) in [5.41, 5.74) is 6.38. The van der Waals surface area contributed by atoms with Crippen LogP contribution < -0.4 is 11.1 Å². The molecule has 0 aliphatic heterocycles. The molecule has 2 heteroatoms. The molecule has 1 atom stereocenters. The highest BCUT2D eigenvalue weighted by Gasteiger charge is 2.33. The predicted octanol–water partition coefficient (Wildman–Crippen LogP) is 3.70.